The molecule has 2 aliphatic heterocycles. The minimum absolute atomic E-state index is 0.0150. The van der Waals surface area contributed by atoms with E-state index in [1.807, 2.05) is 11.9 Å². The second-order valence-corrected chi connectivity index (χ2v) is 8.73. The van der Waals surface area contributed by atoms with Gasteiger partial charge >= 0.3 is 6.18 Å². The Morgan fingerprint density at radius 3 is 2.85 bits per heavy atom. The van der Waals surface area contributed by atoms with Crippen LogP contribution >= 0.6 is 0 Å². The maximum atomic E-state index is 14.5. The van der Waals surface area contributed by atoms with Crippen LogP contribution in [-0.2, 0) is 16.0 Å². The predicted octanol–water partition coefficient (Wildman–Crippen LogP) is 2.40. The number of anilines is 1. The molecular weight excluding hydrogens is 454 g/mol. The number of pyridine rings is 1. The number of hydrogen-bond acceptors (Lipinski definition) is 5. The highest BCUT2D eigenvalue weighted by atomic mass is 19.4. The first-order valence-electron chi connectivity index (χ1n) is 11.2. The van der Waals surface area contributed by atoms with Crippen molar-refractivity contribution in [1.29, 1.82) is 0 Å². The summed E-state index contributed by atoms with van der Waals surface area (Å²) in [6.07, 6.45) is -5.59. The van der Waals surface area contributed by atoms with Gasteiger partial charge < -0.3 is 20.3 Å². The molecule has 184 valence electrons. The van der Waals surface area contributed by atoms with Gasteiger partial charge in [0.1, 0.15) is 17.7 Å². The summed E-state index contributed by atoms with van der Waals surface area (Å²) in [5.74, 6) is 5.36. The van der Waals surface area contributed by atoms with Gasteiger partial charge in [-0.3, -0.25) is 4.79 Å². The second kappa shape index (κ2) is 10.2. The summed E-state index contributed by atoms with van der Waals surface area (Å²) in [6.45, 7) is 1.86. The summed E-state index contributed by atoms with van der Waals surface area (Å²) in [5, 5.41) is 10.1. The Kier molecular flexibility index (Phi) is 7.28. The van der Waals surface area contributed by atoms with Gasteiger partial charge in [0.25, 0.3) is 0 Å². The van der Waals surface area contributed by atoms with Crippen LogP contribution in [0.1, 0.15) is 24.1 Å². The van der Waals surface area contributed by atoms with Gasteiger partial charge in [-0.25, -0.2) is 8.91 Å². The molecule has 2 aromatic rings. The van der Waals surface area contributed by atoms with Crippen molar-refractivity contribution in [1.82, 2.24) is 19.8 Å². The third kappa shape index (κ3) is 5.80. The summed E-state index contributed by atoms with van der Waals surface area (Å²) in [7, 11) is 1.84. The van der Waals surface area contributed by atoms with E-state index in [0.717, 1.165) is 0 Å². The smallest absolute Gasteiger partial charge is 0.381 e. The minimum Gasteiger partial charge on any atom is -0.381 e. The molecule has 2 aromatic heterocycles. The average molecular weight is 481 g/mol. The fourth-order valence-corrected chi connectivity index (χ4v) is 4.26. The monoisotopic (exact) mass is 481 g/mol. The van der Waals surface area contributed by atoms with Crippen LogP contribution in [0.5, 0.6) is 0 Å². The lowest BCUT2D eigenvalue weighted by Gasteiger charge is -2.33. The summed E-state index contributed by atoms with van der Waals surface area (Å²) in [5.41, 5.74) is 0.173. The molecule has 0 saturated carbocycles. The molecule has 2 fully saturated rings. The van der Waals surface area contributed by atoms with Crippen molar-refractivity contribution >= 4 is 17.2 Å². The van der Waals surface area contributed by atoms with Gasteiger partial charge in [-0.2, -0.15) is 18.3 Å². The predicted molar refractivity (Wildman–Crippen MR) is 118 cm³/mol. The molecule has 0 bridgehead atoms. The molecule has 0 radical (unpaired) electrons. The van der Waals surface area contributed by atoms with E-state index in [-0.39, 0.29) is 41.7 Å². The largest absolute Gasteiger partial charge is 0.393 e. The quantitative estimate of drug-likeness (QED) is 0.507. The number of rotatable bonds is 5. The summed E-state index contributed by atoms with van der Waals surface area (Å²) in [6, 6.07) is 4.33. The zero-order valence-electron chi connectivity index (χ0n) is 18.8. The van der Waals surface area contributed by atoms with Gasteiger partial charge in [-0.15, -0.1) is 0 Å². The Morgan fingerprint density at radius 2 is 2.15 bits per heavy atom. The van der Waals surface area contributed by atoms with Crippen molar-refractivity contribution < 1.29 is 27.1 Å². The normalized spacial score (nSPS) is 23.5. The third-order valence-electron chi connectivity index (χ3n) is 6.07. The first-order valence-corrected chi connectivity index (χ1v) is 11.2. The van der Waals surface area contributed by atoms with Crippen LogP contribution < -0.4 is 10.6 Å². The van der Waals surface area contributed by atoms with E-state index in [0.29, 0.717) is 38.4 Å². The van der Waals surface area contributed by atoms with Crippen molar-refractivity contribution in [2.24, 2.45) is 5.92 Å². The number of carbonyl (C=O) groups excluding carboxylic acids is 1. The first kappa shape index (κ1) is 24.3. The van der Waals surface area contributed by atoms with Gasteiger partial charge in [-0.05, 0) is 37.9 Å². The second-order valence-electron chi connectivity index (χ2n) is 8.73. The van der Waals surface area contributed by atoms with Gasteiger partial charge in [0.15, 0.2) is 0 Å². The summed E-state index contributed by atoms with van der Waals surface area (Å²) in [4.78, 5) is 14.0. The molecule has 34 heavy (non-hydrogen) atoms. The molecule has 0 unspecified atom stereocenters. The number of alkyl halides is 4. The van der Waals surface area contributed by atoms with Gasteiger partial charge in [0.05, 0.1) is 37.0 Å². The Labute approximate surface area is 194 Å². The molecule has 1 amide bonds. The molecule has 2 aliphatic rings. The number of likely N-dealkylation sites (tertiary alicyclic amines) is 1. The molecule has 0 aliphatic carbocycles. The standard InChI is InChI=1S/C23H27F4N5O2/c1-31-10-7-19(17(24)13-31)29-21-6-2-5-20-16(12-23(25,26)27)18(30-32(20)21)4-3-9-28-22(33)15-8-11-34-14-15/h2,5-6,15,17,19,29H,7-14H2,1H3,(H,28,33)/t15-,17-,19+/m0/s1. The number of carbonyl (C=O) groups is 1. The molecule has 3 atom stereocenters. The van der Waals surface area contributed by atoms with Crippen molar-refractivity contribution in [3.8, 4) is 11.8 Å². The zero-order chi connectivity index (χ0) is 24.3. The maximum absolute atomic E-state index is 14.5. The van der Waals surface area contributed by atoms with Gasteiger partial charge in [0, 0.05) is 25.3 Å². The highest BCUT2D eigenvalue weighted by Crippen LogP contribution is 2.28. The average Bonchev–Trinajstić information content (AvgIpc) is 3.42. The number of hydrogen-bond donors (Lipinski definition) is 2. The number of aromatic nitrogens is 2. The molecule has 0 aromatic carbocycles. The van der Waals surface area contributed by atoms with Crippen LogP contribution in [-0.4, -0.2) is 78.7 Å². The van der Waals surface area contributed by atoms with E-state index in [2.05, 4.69) is 27.6 Å². The van der Waals surface area contributed by atoms with Crippen molar-refractivity contribution in [2.75, 3.05) is 45.2 Å². The molecule has 2 saturated heterocycles. The van der Waals surface area contributed by atoms with E-state index in [9.17, 15) is 22.4 Å². The molecule has 0 spiro atoms. The summed E-state index contributed by atoms with van der Waals surface area (Å²) < 4.78 is 61.1. The van der Waals surface area contributed by atoms with E-state index >= 15 is 0 Å². The lowest BCUT2D eigenvalue weighted by Crippen LogP contribution is -2.46. The van der Waals surface area contributed by atoms with Crippen LogP contribution in [0.4, 0.5) is 23.4 Å². The number of fused-ring (bicyclic) bond motifs is 1. The SMILES string of the molecule is CN1CC[C@@H](Nc2cccc3c(CC(F)(F)F)c(C#CCNC(=O)[C@H]4CCOC4)nn23)[C@@H](F)C1. The fraction of sp³-hybridized carbons (Fsp3) is 0.565. The number of nitrogens with one attached hydrogen (secondary N) is 2. The summed E-state index contributed by atoms with van der Waals surface area (Å²) >= 11 is 0. The van der Waals surface area contributed by atoms with Crippen molar-refractivity contribution in [3.05, 3.63) is 29.5 Å². The molecule has 11 heteroatoms. The number of nitrogens with zero attached hydrogens (tertiary/aromatic N) is 3. The van der Waals surface area contributed by atoms with Crippen molar-refractivity contribution in [3.63, 3.8) is 0 Å². The van der Waals surface area contributed by atoms with Crippen LogP contribution in [0.2, 0.25) is 0 Å². The lowest BCUT2D eigenvalue weighted by atomic mass is 10.0. The Balaban J connectivity index is 1.57. The number of halogens is 4. The Morgan fingerprint density at radius 1 is 1.32 bits per heavy atom. The molecule has 4 rings (SSSR count). The van der Waals surface area contributed by atoms with Crippen LogP contribution in [0.15, 0.2) is 18.2 Å². The first-order chi connectivity index (χ1) is 16.2. The van der Waals surface area contributed by atoms with Crippen molar-refractivity contribution in [2.45, 2.75) is 37.7 Å². The minimum atomic E-state index is -4.46. The van der Waals surface area contributed by atoms with Gasteiger partial charge in [-0.1, -0.05) is 12.0 Å². The van der Waals surface area contributed by atoms with E-state index in [1.165, 1.54) is 10.6 Å². The third-order valence-corrected chi connectivity index (χ3v) is 6.07. The lowest BCUT2D eigenvalue weighted by molar-refractivity contribution is -0.127. The van der Waals surface area contributed by atoms with E-state index in [4.69, 9.17) is 4.74 Å². The fourth-order valence-electron chi connectivity index (χ4n) is 4.26. The topological polar surface area (TPSA) is 70.9 Å². The number of amides is 1. The van der Waals surface area contributed by atoms with E-state index in [1.54, 1.807) is 12.1 Å². The molecule has 7 nitrogen and oxygen atoms in total. The highest BCUT2D eigenvalue weighted by Gasteiger charge is 2.32. The zero-order valence-corrected chi connectivity index (χ0v) is 18.8. The van der Waals surface area contributed by atoms with Crippen LogP contribution in [0, 0.1) is 17.8 Å². The maximum Gasteiger partial charge on any atom is 0.393 e. The van der Waals surface area contributed by atoms with Crippen LogP contribution in [0.3, 0.4) is 0 Å². The number of ether oxygens (including phenoxy) is 1. The number of piperidine rings is 1. The molecule has 2 N–H and O–H groups in total. The Hall–Kier alpha value is -2.84. The highest BCUT2D eigenvalue weighted by molar-refractivity contribution is 5.79. The van der Waals surface area contributed by atoms with Gasteiger partial charge in [0.2, 0.25) is 5.91 Å². The van der Waals surface area contributed by atoms with E-state index < -0.39 is 24.8 Å². The Bertz CT molecular complexity index is 1080. The van der Waals surface area contributed by atoms with Crippen LogP contribution in [0.25, 0.3) is 5.52 Å². The molecular formula is C23H27F4N5O2. The molecule has 4 heterocycles.